The van der Waals surface area contributed by atoms with Gasteiger partial charge >= 0.3 is 0 Å². The van der Waals surface area contributed by atoms with E-state index in [1.807, 2.05) is 0 Å². The predicted molar refractivity (Wildman–Crippen MR) is 148 cm³/mol. The van der Waals surface area contributed by atoms with E-state index in [0.717, 1.165) is 18.4 Å². The number of carbonyl (C=O) groups is 2. The molecule has 0 bridgehead atoms. The Labute approximate surface area is 229 Å². The van der Waals surface area contributed by atoms with Crippen LogP contribution < -0.4 is 10.6 Å². The number of aryl methyl sites for hydroxylation is 1. The van der Waals surface area contributed by atoms with E-state index in [2.05, 4.69) is 4.98 Å². The highest BCUT2D eigenvalue weighted by atomic mass is 19.1. The molecule has 0 atom stereocenters. The summed E-state index contributed by atoms with van der Waals surface area (Å²) >= 11 is 0. The lowest BCUT2D eigenvalue weighted by Gasteiger charge is -2.22. The summed E-state index contributed by atoms with van der Waals surface area (Å²) in [7, 11) is 0. The van der Waals surface area contributed by atoms with Gasteiger partial charge in [0.15, 0.2) is 0 Å². The average molecular weight is 538 g/mol. The zero-order chi connectivity index (χ0) is 28.0. The van der Waals surface area contributed by atoms with Gasteiger partial charge < -0.3 is 10.2 Å². The van der Waals surface area contributed by atoms with Gasteiger partial charge in [0.05, 0.1) is 11.1 Å². The summed E-state index contributed by atoms with van der Waals surface area (Å²) in [6.45, 7) is 1.76. The Morgan fingerprint density at radius 3 is 2.48 bits per heavy atom. The molecular formula is C32H25F2N3O3. The molecule has 6 rings (SSSR count). The molecule has 8 heteroatoms. The van der Waals surface area contributed by atoms with Crippen LogP contribution in [0.1, 0.15) is 50.4 Å². The number of benzene rings is 3. The van der Waals surface area contributed by atoms with Gasteiger partial charge in [-0.2, -0.15) is 0 Å². The SMILES string of the molecule is Cc1ccc(C(=O)N(c2ccccn2)C2CC2)c(F)c1-c1ccc2oc(Cc3ccc(F)cc3)c(C(N)=O)c2c1. The minimum absolute atomic E-state index is 0.0218. The van der Waals surface area contributed by atoms with Gasteiger partial charge in [-0.25, -0.2) is 13.8 Å². The van der Waals surface area contributed by atoms with Gasteiger partial charge in [0.1, 0.15) is 28.8 Å². The summed E-state index contributed by atoms with van der Waals surface area (Å²) in [5.41, 5.74) is 8.38. The highest BCUT2D eigenvalue weighted by molar-refractivity contribution is 6.09. The lowest BCUT2D eigenvalue weighted by atomic mass is 9.94. The lowest BCUT2D eigenvalue weighted by Crippen LogP contribution is -2.34. The molecule has 2 amide bonds. The van der Waals surface area contributed by atoms with Crippen molar-refractivity contribution in [2.75, 3.05) is 4.90 Å². The number of nitrogens with two attached hydrogens (primary N) is 1. The predicted octanol–water partition coefficient (Wildman–Crippen LogP) is 6.58. The van der Waals surface area contributed by atoms with E-state index in [1.165, 1.54) is 18.2 Å². The van der Waals surface area contributed by atoms with E-state index in [0.29, 0.717) is 33.7 Å². The molecular weight excluding hydrogens is 512 g/mol. The number of fused-ring (bicyclic) bond motifs is 1. The maximum atomic E-state index is 16.2. The number of furan rings is 1. The fraction of sp³-hybridized carbons (Fsp3) is 0.156. The third-order valence-corrected chi connectivity index (χ3v) is 7.18. The summed E-state index contributed by atoms with van der Waals surface area (Å²) < 4.78 is 35.5. The number of hydrogen-bond donors (Lipinski definition) is 1. The van der Waals surface area contributed by atoms with Crippen LogP contribution in [0.2, 0.25) is 0 Å². The third-order valence-electron chi connectivity index (χ3n) is 7.18. The second-order valence-electron chi connectivity index (χ2n) is 9.99. The van der Waals surface area contributed by atoms with Crippen molar-refractivity contribution in [2.45, 2.75) is 32.2 Å². The number of nitrogens with zero attached hydrogens (tertiary/aromatic N) is 2. The Bertz CT molecular complexity index is 1760. The van der Waals surface area contributed by atoms with Crippen molar-refractivity contribution < 1.29 is 22.8 Å². The fourth-order valence-corrected chi connectivity index (χ4v) is 5.09. The molecule has 2 aromatic heterocycles. The molecule has 3 aromatic carbocycles. The van der Waals surface area contributed by atoms with Crippen LogP contribution in [0.25, 0.3) is 22.1 Å². The average Bonchev–Trinajstić information content (AvgIpc) is 3.70. The minimum atomic E-state index is -0.690. The van der Waals surface area contributed by atoms with Crippen LogP contribution in [0.15, 0.2) is 83.4 Å². The fourth-order valence-electron chi connectivity index (χ4n) is 5.09. The van der Waals surface area contributed by atoms with Gasteiger partial charge in [-0.3, -0.25) is 14.5 Å². The molecule has 0 aliphatic heterocycles. The van der Waals surface area contributed by atoms with Gasteiger partial charge in [-0.1, -0.05) is 30.3 Å². The summed E-state index contributed by atoms with van der Waals surface area (Å²) in [6.07, 6.45) is 3.49. The number of aromatic nitrogens is 1. The molecule has 40 heavy (non-hydrogen) atoms. The number of amides is 2. The van der Waals surface area contributed by atoms with Crippen LogP contribution in [-0.2, 0) is 6.42 Å². The van der Waals surface area contributed by atoms with Crippen molar-refractivity contribution in [3.05, 3.63) is 119 Å². The topological polar surface area (TPSA) is 89.4 Å². The molecule has 0 radical (unpaired) electrons. The van der Waals surface area contributed by atoms with Gasteiger partial charge in [0.2, 0.25) is 0 Å². The number of carbonyl (C=O) groups excluding carboxylic acids is 2. The summed E-state index contributed by atoms with van der Waals surface area (Å²) in [4.78, 5) is 32.0. The molecule has 6 nitrogen and oxygen atoms in total. The third kappa shape index (κ3) is 4.62. The number of rotatable bonds is 7. The van der Waals surface area contributed by atoms with E-state index in [-0.39, 0.29) is 35.0 Å². The van der Waals surface area contributed by atoms with Crippen molar-refractivity contribution >= 4 is 28.6 Å². The van der Waals surface area contributed by atoms with Gasteiger partial charge in [0.25, 0.3) is 11.8 Å². The van der Waals surface area contributed by atoms with Gasteiger partial charge in [-0.05, 0) is 78.9 Å². The maximum Gasteiger partial charge on any atom is 0.262 e. The Morgan fingerprint density at radius 1 is 1.02 bits per heavy atom. The van der Waals surface area contributed by atoms with Crippen molar-refractivity contribution in [3.8, 4) is 11.1 Å². The van der Waals surface area contributed by atoms with Gasteiger partial charge in [0, 0.05) is 29.6 Å². The molecule has 0 saturated heterocycles. The second kappa shape index (κ2) is 10.0. The van der Waals surface area contributed by atoms with E-state index in [1.54, 1.807) is 72.6 Å². The summed E-state index contributed by atoms with van der Waals surface area (Å²) in [5.74, 6) is -1.35. The molecule has 1 saturated carbocycles. The van der Waals surface area contributed by atoms with Crippen molar-refractivity contribution in [2.24, 2.45) is 5.73 Å². The Morgan fingerprint density at radius 2 is 1.80 bits per heavy atom. The Kier molecular flexibility index (Phi) is 6.38. The smallest absolute Gasteiger partial charge is 0.262 e. The molecule has 1 aliphatic rings. The van der Waals surface area contributed by atoms with E-state index < -0.39 is 17.6 Å². The first kappa shape index (κ1) is 25.4. The van der Waals surface area contributed by atoms with Crippen LogP contribution in [0.4, 0.5) is 14.6 Å². The molecule has 1 fully saturated rings. The molecule has 1 aliphatic carbocycles. The number of anilines is 1. The van der Waals surface area contributed by atoms with E-state index >= 15 is 4.39 Å². The summed E-state index contributed by atoms with van der Waals surface area (Å²) in [5, 5.41) is 0.436. The first-order valence-electron chi connectivity index (χ1n) is 13.0. The van der Waals surface area contributed by atoms with Crippen LogP contribution in [0.5, 0.6) is 0 Å². The van der Waals surface area contributed by atoms with E-state index in [9.17, 15) is 14.0 Å². The zero-order valence-electron chi connectivity index (χ0n) is 21.7. The zero-order valence-corrected chi connectivity index (χ0v) is 21.7. The second-order valence-corrected chi connectivity index (χ2v) is 9.99. The first-order valence-corrected chi connectivity index (χ1v) is 13.0. The lowest BCUT2D eigenvalue weighted by molar-refractivity contribution is 0.0977. The minimum Gasteiger partial charge on any atom is -0.460 e. The van der Waals surface area contributed by atoms with Crippen LogP contribution in [0.3, 0.4) is 0 Å². The van der Waals surface area contributed by atoms with Gasteiger partial charge in [-0.15, -0.1) is 0 Å². The molecule has 2 heterocycles. The Balaban J connectivity index is 1.42. The number of hydrogen-bond acceptors (Lipinski definition) is 4. The van der Waals surface area contributed by atoms with Crippen LogP contribution in [0, 0.1) is 18.6 Å². The van der Waals surface area contributed by atoms with E-state index in [4.69, 9.17) is 10.2 Å². The number of primary amides is 1. The van der Waals surface area contributed by atoms with Crippen molar-refractivity contribution in [3.63, 3.8) is 0 Å². The quantitative estimate of drug-likeness (QED) is 0.254. The van der Waals surface area contributed by atoms with Crippen LogP contribution in [-0.4, -0.2) is 22.8 Å². The molecule has 0 spiro atoms. The van der Waals surface area contributed by atoms with Crippen LogP contribution >= 0.6 is 0 Å². The summed E-state index contributed by atoms with van der Waals surface area (Å²) in [6, 6.07) is 19.4. The van der Waals surface area contributed by atoms with Crippen molar-refractivity contribution in [1.82, 2.24) is 4.98 Å². The molecule has 2 N–H and O–H groups in total. The number of halogens is 2. The monoisotopic (exact) mass is 537 g/mol. The van der Waals surface area contributed by atoms with Crippen molar-refractivity contribution in [1.29, 1.82) is 0 Å². The standard InChI is InChI=1S/C32H25F2N3O3/c1-18-5-13-23(32(39)37(22-11-12-22)27-4-2-3-15-36-27)30(34)28(18)20-8-14-25-24(17-20)29(31(35)38)26(40-25)16-19-6-9-21(33)10-7-19/h2-10,13-15,17,22H,11-12,16H2,1H3,(H2,35,38). The Hall–Kier alpha value is -4.85. The highest BCUT2D eigenvalue weighted by Gasteiger charge is 2.36. The number of pyridine rings is 1. The highest BCUT2D eigenvalue weighted by Crippen LogP contribution is 2.37. The largest absolute Gasteiger partial charge is 0.460 e. The first-order chi connectivity index (χ1) is 19.3. The molecule has 200 valence electrons. The molecule has 0 unspecified atom stereocenters. The molecule has 5 aromatic rings. The normalized spacial score (nSPS) is 13.0. The maximum absolute atomic E-state index is 16.2.